The molecule has 3 heterocycles. The van der Waals surface area contributed by atoms with Crippen molar-refractivity contribution in [3.05, 3.63) is 65.7 Å². The maximum Gasteiger partial charge on any atom is 0.259 e. The van der Waals surface area contributed by atoms with Crippen molar-refractivity contribution in [1.29, 1.82) is 5.26 Å². The van der Waals surface area contributed by atoms with E-state index in [0.717, 1.165) is 74.8 Å². The van der Waals surface area contributed by atoms with E-state index in [2.05, 4.69) is 26.4 Å². The lowest BCUT2D eigenvalue weighted by Gasteiger charge is -2.41. The van der Waals surface area contributed by atoms with Gasteiger partial charge in [0.25, 0.3) is 5.91 Å². The molecule has 1 aromatic carbocycles. The van der Waals surface area contributed by atoms with Gasteiger partial charge in [-0.3, -0.25) is 14.7 Å². The van der Waals surface area contributed by atoms with Gasteiger partial charge in [0.2, 0.25) is 0 Å². The predicted molar refractivity (Wildman–Crippen MR) is 139 cm³/mol. The molecule has 2 aromatic heterocycles. The summed E-state index contributed by atoms with van der Waals surface area (Å²) >= 11 is 0. The summed E-state index contributed by atoms with van der Waals surface area (Å²) in [5, 5.41) is 17.4. The molecule has 1 aliphatic heterocycles. The summed E-state index contributed by atoms with van der Waals surface area (Å²) in [5.41, 5.74) is 2.83. The highest BCUT2D eigenvalue weighted by Crippen LogP contribution is 2.40. The number of ether oxygens (including phenoxy) is 2. The van der Waals surface area contributed by atoms with Crippen molar-refractivity contribution in [2.45, 2.75) is 44.1 Å². The van der Waals surface area contributed by atoms with Crippen molar-refractivity contribution in [2.75, 3.05) is 38.7 Å². The lowest BCUT2D eigenvalue weighted by atomic mass is 9.71. The van der Waals surface area contributed by atoms with Crippen LogP contribution < -0.4 is 10.1 Å². The molecule has 1 N–H and O–H groups in total. The fourth-order valence-electron chi connectivity index (χ4n) is 5.39. The molecule has 2 aliphatic rings. The third-order valence-corrected chi connectivity index (χ3v) is 7.67. The molecule has 1 saturated heterocycles. The number of nitriles is 1. The number of carbonyl (C=O) groups is 1. The number of hydrogen-bond donors (Lipinski definition) is 1. The summed E-state index contributed by atoms with van der Waals surface area (Å²) in [4.78, 5) is 20.1. The number of methoxy groups -OCH3 is 1. The number of aromatic nitrogens is 3. The monoisotopic (exact) mass is 500 g/mol. The Kier molecular flexibility index (Phi) is 7.22. The smallest absolute Gasteiger partial charge is 0.259 e. The van der Waals surface area contributed by atoms with Gasteiger partial charge >= 0.3 is 0 Å². The third kappa shape index (κ3) is 5.08. The van der Waals surface area contributed by atoms with Crippen LogP contribution in [0.15, 0.2) is 48.8 Å². The average molecular weight is 501 g/mol. The molecule has 9 nitrogen and oxygen atoms in total. The van der Waals surface area contributed by atoms with Gasteiger partial charge in [-0.05, 0) is 69.0 Å². The summed E-state index contributed by atoms with van der Waals surface area (Å²) < 4.78 is 12.4. The van der Waals surface area contributed by atoms with E-state index in [1.54, 1.807) is 24.2 Å². The van der Waals surface area contributed by atoms with E-state index in [9.17, 15) is 10.1 Å². The van der Waals surface area contributed by atoms with Crippen LogP contribution in [0.3, 0.4) is 0 Å². The van der Waals surface area contributed by atoms with Crippen LogP contribution in [0.2, 0.25) is 0 Å². The number of amides is 1. The number of pyridine rings is 1. The zero-order valence-electron chi connectivity index (χ0n) is 21.3. The second-order valence-electron chi connectivity index (χ2n) is 9.71. The Morgan fingerprint density at radius 3 is 2.49 bits per heavy atom. The van der Waals surface area contributed by atoms with Crippen LogP contribution in [0.4, 0.5) is 5.69 Å². The fraction of sp³-hybridized carbons (Fsp3) is 0.429. The highest BCUT2D eigenvalue weighted by atomic mass is 16.5. The Morgan fingerprint density at radius 1 is 1.14 bits per heavy atom. The van der Waals surface area contributed by atoms with Gasteiger partial charge in [-0.15, -0.1) is 0 Å². The second-order valence-corrected chi connectivity index (χ2v) is 9.71. The van der Waals surface area contributed by atoms with Crippen molar-refractivity contribution < 1.29 is 14.3 Å². The van der Waals surface area contributed by atoms with Gasteiger partial charge in [-0.1, -0.05) is 0 Å². The molecule has 5 rings (SSSR count). The second kappa shape index (κ2) is 10.7. The van der Waals surface area contributed by atoms with Crippen LogP contribution >= 0.6 is 0 Å². The van der Waals surface area contributed by atoms with Gasteiger partial charge < -0.3 is 14.8 Å². The molecule has 192 valence electrons. The standard InChI is InChI=1S/C28H32N6O3/c1-20-25(18-31-34(20)23-4-6-24(36-2)7-5-23)27(35)32-21-3-8-26(30-17-21)28(19-29)11-9-22(10-12-28)33-13-15-37-16-14-33/h3-8,17-18,22H,9-16H2,1-2H3,(H,32,35). The highest BCUT2D eigenvalue weighted by molar-refractivity contribution is 6.04. The maximum atomic E-state index is 13.0. The maximum absolute atomic E-state index is 13.0. The van der Waals surface area contributed by atoms with Gasteiger partial charge in [-0.2, -0.15) is 10.4 Å². The van der Waals surface area contributed by atoms with E-state index in [1.165, 1.54) is 0 Å². The quantitative estimate of drug-likeness (QED) is 0.548. The summed E-state index contributed by atoms with van der Waals surface area (Å²) in [6.07, 6.45) is 6.73. The van der Waals surface area contributed by atoms with Crippen molar-refractivity contribution in [2.24, 2.45) is 0 Å². The highest BCUT2D eigenvalue weighted by Gasteiger charge is 2.40. The van der Waals surface area contributed by atoms with Crippen LogP contribution in [0.1, 0.15) is 47.4 Å². The van der Waals surface area contributed by atoms with Gasteiger partial charge in [-0.25, -0.2) is 4.68 Å². The lowest BCUT2D eigenvalue weighted by molar-refractivity contribution is 0.00493. The summed E-state index contributed by atoms with van der Waals surface area (Å²) in [7, 11) is 1.62. The Labute approximate surface area is 217 Å². The van der Waals surface area contributed by atoms with Crippen LogP contribution in [0, 0.1) is 18.3 Å². The van der Waals surface area contributed by atoms with E-state index in [1.807, 2.05) is 43.3 Å². The Hall–Kier alpha value is -3.74. The van der Waals surface area contributed by atoms with Gasteiger partial charge in [0.05, 0.1) is 72.5 Å². The topological polar surface area (TPSA) is 105 Å². The molecule has 1 saturated carbocycles. The van der Waals surface area contributed by atoms with Gasteiger partial charge in [0, 0.05) is 19.1 Å². The molecule has 1 aliphatic carbocycles. The average Bonchev–Trinajstić information content (AvgIpc) is 3.35. The number of morpholine rings is 1. The zero-order chi connectivity index (χ0) is 25.8. The third-order valence-electron chi connectivity index (χ3n) is 7.67. The first-order valence-corrected chi connectivity index (χ1v) is 12.7. The van der Waals surface area contributed by atoms with Crippen LogP contribution in [0.5, 0.6) is 5.75 Å². The molecule has 3 aromatic rings. The number of nitrogens with zero attached hydrogens (tertiary/aromatic N) is 5. The molecule has 0 bridgehead atoms. The van der Waals surface area contributed by atoms with E-state index in [0.29, 0.717) is 17.3 Å². The Bertz CT molecular complexity index is 1260. The number of benzene rings is 1. The predicted octanol–water partition coefficient (Wildman–Crippen LogP) is 3.87. The number of nitrogens with one attached hydrogen (secondary N) is 1. The summed E-state index contributed by atoms with van der Waals surface area (Å²) in [6.45, 7) is 5.37. The molecule has 37 heavy (non-hydrogen) atoms. The minimum Gasteiger partial charge on any atom is -0.497 e. The first-order valence-electron chi connectivity index (χ1n) is 12.7. The van der Waals surface area contributed by atoms with E-state index < -0.39 is 5.41 Å². The fourth-order valence-corrected chi connectivity index (χ4v) is 5.39. The molecule has 0 unspecified atom stereocenters. The zero-order valence-corrected chi connectivity index (χ0v) is 21.3. The number of hydrogen-bond acceptors (Lipinski definition) is 7. The molecule has 0 spiro atoms. The minimum atomic E-state index is -0.582. The Balaban J connectivity index is 1.24. The van der Waals surface area contributed by atoms with E-state index in [4.69, 9.17) is 9.47 Å². The molecule has 1 amide bonds. The Morgan fingerprint density at radius 2 is 1.86 bits per heavy atom. The van der Waals surface area contributed by atoms with Crippen LogP contribution in [-0.2, 0) is 10.2 Å². The SMILES string of the molecule is COc1ccc(-n2ncc(C(=O)Nc3ccc(C4(C#N)CCC(N5CCOCC5)CC4)nc3)c2C)cc1. The molecule has 9 heteroatoms. The molecule has 2 fully saturated rings. The van der Waals surface area contributed by atoms with Crippen molar-refractivity contribution in [3.8, 4) is 17.5 Å². The minimum absolute atomic E-state index is 0.257. The normalized spacial score (nSPS) is 22.2. The largest absolute Gasteiger partial charge is 0.497 e. The molecular formula is C28H32N6O3. The lowest BCUT2D eigenvalue weighted by Crippen LogP contribution is -2.47. The van der Waals surface area contributed by atoms with E-state index in [-0.39, 0.29) is 5.91 Å². The van der Waals surface area contributed by atoms with E-state index >= 15 is 0 Å². The number of carbonyl (C=O) groups excluding carboxylic acids is 1. The molecule has 0 atom stereocenters. The summed E-state index contributed by atoms with van der Waals surface area (Å²) in [5.74, 6) is 0.499. The van der Waals surface area contributed by atoms with Crippen LogP contribution in [-0.4, -0.2) is 65.0 Å². The van der Waals surface area contributed by atoms with Crippen molar-refractivity contribution in [3.63, 3.8) is 0 Å². The molecular weight excluding hydrogens is 468 g/mol. The number of rotatable bonds is 6. The van der Waals surface area contributed by atoms with Crippen LogP contribution in [0.25, 0.3) is 5.69 Å². The first-order chi connectivity index (χ1) is 18.0. The van der Waals surface area contributed by atoms with Gasteiger partial charge in [0.1, 0.15) is 5.75 Å². The van der Waals surface area contributed by atoms with Crippen molar-refractivity contribution >= 4 is 11.6 Å². The van der Waals surface area contributed by atoms with Gasteiger partial charge in [0.15, 0.2) is 0 Å². The summed E-state index contributed by atoms with van der Waals surface area (Å²) in [6, 6.07) is 14.3. The van der Waals surface area contributed by atoms with Crippen molar-refractivity contribution in [1.82, 2.24) is 19.7 Å². The molecule has 0 radical (unpaired) electrons. The first kappa shape index (κ1) is 24.9. The number of anilines is 1.